The standard InChI is InChI=1S/C26H35N5O4S.C2HF3O2/c1-18-8-12-31(13-9-18)26(33)21-5-7-24(30-14-10-27-11-15-30)23(17-21)29-36(34,35)25-16-19(2)4-6-22(25)28-20(3)32;3-2(4,5)1(6)7/h4-7,16-18,27,29H,8-15H2,1-3H3,(H,28,32);(H,6,7). The summed E-state index contributed by atoms with van der Waals surface area (Å²) in [6, 6.07) is 10.1. The van der Waals surface area contributed by atoms with Gasteiger partial charge in [-0.05, 0) is 61.6 Å². The number of aliphatic carboxylic acids is 1. The fourth-order valence-corrected chi connectivity index (χ4v) is 5.98. The molecule has 4 rings (SSSR count). The van der Waals surface area contributed by atoms with Gasteiger partial charge in [0.25, 0.3) is 15.9 Å². The minimum absolute atomic E-state index is 0.0225. The average Bonchev–Trinajstić information content (AvgIpc) is 2.94. The first-order valence-electron chi connectivity index (χ1n) is 13.7. The molecule has 0 aliphatic carbocycles. The van der Waals surface area contributed by atoms with Gasteiger partial charge in [0.1, 0.15) is 4.90 Å². The number of carboxylic acids is 1. The van der Waals surface area contributed by atoms with Crippen molar-refractivity contribution < 1.29 is 41.1 Å². The Morgan fingerprint density at radius 2 is 1.58 bits per heavy atom. The van der Waals surface area contributed by atoms with Crippen molar-refractivity contribution in [2.75, 3.05) is 54.2 Å². The molecule has 2 fully saturated rings. The molecule has 15 heteroatoms. The van der Waals surface area contributed by atoms with Crippen molar-refractivity contribution in [3.63, 3.8) is 0 Å². The monoisotopic (exact) mass is 627 g/mol. The number of nitrogens with zero attached hydrogens (tertiary/aromatic N) is 2. The van der Waals surface area contributed by atoms with E-state index in [1.165, 1.54) is 13.0 Å². The number of nitrogens with one attached hydrogen (secondary N) is 3. The second-order valence-electron chi connectivity index (χ2n) is 10.5. The predicted octanol–water partition coefficient (Wildman–Crippen LogP) is 3.67. The molecule has 0 unspecified atom stereocenters. The number of aryl methyl sites for hydroxylation is 1. The highest BCUT2D eigenvalue weighted by atomic mass is 32.2. The number of rotatable bonds is 6. The van der Waals surface area contributed by atoms with Crippen LogP contribution in [0.15, 0.2) is 41.3 Å². The predicted molar refractivity (Wildman–Crippen MR) is 156 cm³/mol. The Morgan fingerprint density at radius 3 is 2.14 bits per heavy atom. The van der Waals surface area contributed by atoms with Crippen LogP contribution < -0.4 is 20.3 Å². The van der Waals surface area contributed by atoms with Crippen molar-refractivity contribution >= 4 is 44.9 Å². The third-order valence-electron chi connectivity index (χ3n) is 7.00. The maximum Gasteiger partial charge on any atom is 0.490 e. The summed E-state index contributed by atoms with van der Waals surface area (Å²) in [5.41, 5.74) is 2.47. The van der Waals surface area contributed by atoms with E-state index >= 15 is 0 Å². The fourth-order valence-electron chi connectivity index (χ4n) is 4.67. The zero-order valence-electron chi connectivity index (χ0n) is 24.1. The van der Waals surface area contributed by atoms with Crippen LogP contribution in [-0.4, -0.2) is 81.7 Å². The lowest BCUT2D eigenvalue weighted by molar-refractivity contribution is -0.192. The Bertz CT molecular complexity index is 1440. The second kappa shape index (κ2) is 14.1. The second-order valence-corrected chi connectivity index (χ2v) is 12.2. The van der Waals surface area contributed by atoms with E-state index in [9.17, 15) is 31.2 Å². The molecule has 2 aromatic rings. The Hall–Kier alpha value is -3.85. The van der Waals surface area contributed by atoms with Crippen LogP contribution in [0.1, 0.15) is 42.6 Å². The van der Waals surface area contributed by atoms with Crippen molar-refractivity contribution in [1.82, 2.24) is 10.2 Å². The third kappa shape index (κ3) is 9.32. The molecule has 2 saturated heterocycles. The number of anilines is 3. The van der Waals surface area contributed by atoms with Crippen LogP contribution in [0.25, 0.3) is 0 Å². The SMILES string of the molecule is CC(=O)Nc1ccc(C)cc1S(=O)(=O)Nc1cc(C(=O)N2CCC(C)CC2)ccc1N1CCNCC1.O=C(O)C(F)(F)F. The zero-order chi connectivity index (χ0) is 31.9. The maximum atomic E-state index is 13.6. The summed E-state index contributed by atoms with van der Waals surface area (Å²) in [5, 5.41) is 13.0. The molecule has 0 saturated carbocycles. The lowest BCUT2D eigenvalue weighted by Crippen LogP contribution is -2.44. The van der Waals surface area contributed by atoms with Crippen molar-refractivity contribution in [2.45, 2.75) is 44.7 Å². The minimum atomic E-state index is -5.08. The van der Waals surface area contributed by atoms with Crippen molar-refractivity contribution in [2.24, 2.45) is 5.92 Å². The van der Waals surface area contributed by atoms with Crippen LogP contribution in [0.5, 0.6) is 0 Å². The van der Waals surface area contributed by atoms with E-state index in [4.69, 9.17) is 9.90 Å². The molecule has 4 N–H and O–H groups in total. The normalized spacial score (nSPS) is 16.1. The molecule has 43 heavy (non-hydrogen) atoms. The molecule has 2 amide bonds. The molecule has 2 heterocycles. The molecule has 11 nitrogen and oxygen atoms in total. The number of benzene rings is 2. The van der Waals surface area contributed by atoms with Crippen molar-refractivity contribution in [3.8, 4) is 0 Å². The van der Waals surface area contributed by atoms with Gasteiger partial charge in [-0.3, -0.25) is 14.3 Å². The quantitative estimate of drug-likeness (QED) is 0.379. The van der Waals surface area contributed by atoms with Gasteiger partial charge >= 0.3 is 12.1 Å². The average molecular weight is 628 g/mol. The number of piperidine rings is 1. The highest BCUT2D eigenvalue weighted by Gasteiger charge is 2.38. The highest BCUT2D eigenvalue weighted by molar-refractivity contribution is 7.93. The number of likely N-dealkylation sites (tertiary alicyclic amines) is 1. The van der Waals surface area contributed by atoms with Gasteiger partial charge in [-0.25, -0.2) is 13.2 Å². The summed E-state index contributed by atoms with van der Waals surface area (Å²) in [6.45, 7) is 9.71. The van der Waals surface area contributed by atoms with Crippen LogP contribution in [-0.2, 0) is 19.6 Å². The number of carbonyl (C=O) groups excluding carboxylic acids is 2. The molecule has 0 atom stereocenters. The number of amides is 2. The first kappa shape index (κ1) is 33.6. The number of carbonyl (C=O) groups is 3. The minimum Gasteiger partial charge on any atom is -0.475 e. The van der Waals surface area contributed by atoms with Gasteiger partial charge in [-0.1, -0.05) is 13.0 Å². The van der Waals surface area contributed by atoms with E-state index in [0.717, 1.165) is 37.2 Å². The van der Waals surface area contributed by atoms with E-state index in [1.54, 1.807) is 31.2 Å². The number of hydrogen-bond acceptors (Lipinski definition) is 7. The first-order chi connectivity index (χ1) is 20.1. The van der Waals surface area contributed by atoms with Crippen LogP contribution in [0.2, 0.25) is 0 Å². The molecule has 2 aromatic carbocycles. The van der Waals surface area contributed by atoms with E-state index in [0.29, 0.717) is 43.3 Å². The molecule has 2 aliphatic rings. The number of piperazine rings is 1. The Balaban J connectivity index is 0.000000646. The smallest absolute Gasteiger partial charge is 0.475 e. The number of sulfonamides is 1. The van der Waals surface area contributed by atoms with Crippen LogP contribution >= 0.6 is 0 Å². The molecule has 0 bridgehead atoms. The van der Waals surface area contributed by atoms with Crippen molar-refractivity contribution in [1.29, 1.82) is 0 Å². The molecular weight excluding hydrogens is 591 g/mol. The van der Waals surface area contributed by atoms with Gasteiger partial charge in [-0.2, -0.15) is 13.2 Å². The number of halogens is 3. The Labute approximate surface area is 248 Å². The molecule has 236 valence electrons. The zero-order valence-corrected chi connectivity index (χ0v) is 24.9. The topological polar surface area (TPSA) is 148 Å². The lowest BCUT2D eigenvalue weighted by Gasteiger charge is -2.32. The Morgan fingerprint density at radius 1 is 0.977 bits per heavy atom. The first-order valence-corrected chi connectivity index (χ1v) is 15.2. The number of carboxylic acid groups (broad SMARTS) is 1. The van der Waals surface area contributed by atoms with Gasteiger partial charge in [0.05, 0.1) is 17.1 Å². The van der Waals surface area contributed by atoms with Crippen LogP contribution in [0.3, 0.4) is 0 Å². The highest BCUT2D eigenvalue weighted by Crippen LogP contribution is 2.33. The number of alkyl halides is 3. The maximum absolute atomic E-state index is 13.6. The van der Waals surface area contributed by atoms with Crippen LogP contribution in [0, 0.1) is 12.8 Å². The summed E-state index contributed by atoms with van der Waals surface area (Å²) in [4.78, 5) is 37.8. The van der Waals surface area contributed by atoms with E-state index in [2.05, 4.69) is 27.2 Å². The lowest BCUT2D eigenvalue weighted by atomic mass is 9.98. The van der Waals surface area contributed by atoms with Gasteiger partial charge in [0.15, 0.2) is 0 Å². The Kier molecular flexibility index (Phi) is 11.0. The summed E-state index contributed by atoms with van der Waals surface area (Å²) < 4.78 is 61.7. The van der Waals surface area contributed by atoms with Crippen LogP contribution in [0.4, 0.5) is 30.2 Å². The third-order valence-corrected chi connectivity index (χ3v) is 8.40. The van der Waals surface area contributed by atoms with E-state index in [1.807, 2.05) is 11.0 Å². The fraction of sp³-hybridized carbons (Fsp3) is 0.464. The summed E-state index contributed by atoms with van der Waals surface area (Å²) in [6.07, 6.45) is -3.16. The summed E-state index contributed by atoms with van der Waals surface area (Å²) in [7, 11) is -4.08. The largest absolute Gasteiger partial charge is 0.490 e. The summed E-state index contributed by atoms with van der Waals surface area (Å²) in [5.74, 6) is -2.62. The molecule has 0 spiro atoms. The molecule has 0 aromatic heterocycles. The van der Waals surface area contributed by atoms with Crippen molar-refractivity contribution in [3.05, 3.63) is 47.5 Å². The van der Waals surface area contributed by atoms with E-state index < -0.39 is 22.2 Å². The summed E-state index contributed by atoms with van der Waals surface area (Å²) >= 11 is 0. The molecule has 0 radical (unpaired) electrons. The van der Waals surface area contributed by atoms with Gasteiger partial charge in [0.2, 0.25) is 5.91 Å². The van der Waals surface area contributed by atoms with Gasteiger partial charge < -0.3 is 25.5 Å². The van der Waals surface area contributed by atoms with Gasteiger partial charge in [0, 0.05) is 51.8 Å². The molecule has 2 aliphatic heterocycles. The van der Waals surface area contributed by atoms with E-state index in [-0.39, 0.29) is 22.4 Å². The number of hydrogen-bond donors (Lipinski definition) is 4. The molecular formula is C28H36F3N5O6S. The van der Waals surface area contributed by atoms with Gasteiger partial charge in [-0.15, -0.1) is 0 Å².